The third-order valence-corrected chi connectivity index (χ3v) is 3.58. The first kappa shape index (κ1) is 14.6. The van der Waals surface area contributed by atoms with Crippen LogP contribution < -0.4 is 5.32 Å². The first-order valence-corrected chi connectivity index (χ1v) is 6.94. The Morgan fingerprint density at radius 2 is 2.10 bits per heavy atom. The molecule has 0 aliphatic rings. The van der Waals surface area contributed by atoms with Crippen LogP contribution in [0.2, 0.25) is 5.02 Å². The van der Waals surface area contributed by atoms with Crippen LogP contribution >= 0.6 is 11.6 Å². The lowest BCUT2D eigenvalue weighted by Crippen LogP contribution is -2.31. The van der Waals surface area contributed by atoms with Crippen LogP contribution in [0.5, 0.6) is 0 Å². The summed E-state index contributed by atoms with van der Waals surface area (Å²) in [6, 6.07) is 5.26. The maximum Gasteiger partial charge on any atom is 0.253 e. The Kier molecular flexibility index (Phi) is 4.14. The van der Waals surface area contributed by atoms with Gasteiger partial charge in [0.05, 0.1) is 11.1 Å². The largest absolute Gasteiger partial charge is 0.350 e. The molecular weight excluding hydrogens is 276 g/mol. The van der Waals surface area contributed by atoms with Gasteiger partial charge in [-0.15, -0.1) is 0 Å². The second-order valence-corrected chi connectivity index (χ2v) is 5.31. The summed E-state index contributed by atoms with van der Waals surface area (Å²) in [5.41, 5.74) is 1.14. The molecule has 0 bridgehead atoms. The second-order valence-electron chi connectivity index (χ2n) is 4.88. The van der Waals surface area contributed by atoms with Crippen molar-refractivity contribution >= 4 is 34.3 Å². The number of halogens is 1. The molecule has 1 amide bonds. The summed E-state index contributed by atoms with van der Waals surface area (Å²) in [6.45, 7) is 5.40. The molecule has 1 unspecified atom stereocenters. The molecule has 2 aromatic rings. The standard InChI is InChI=1S/C15H17ClN2O2/c1-4-9(2)17-15(20)13-8-18(10(3)19)14-7-11(16)5-6-12(13)14/h5-9H,4H2,1-3H3,(H,17,20). The maximum atomic E-state index is 12.3. The number of fused-ring (bicyclic) bond motifs is 1. The molecule has 0 radical (unpaired) electrons. The Hall–Kier alpha value is -1.81. The maximum absolute atomic E-state index is 12.3. The number of rotatable bonds is 3. The molecule has 4 nitrogen and oxygen atoms in total. The highest BCUT2D eigenvalue weighted by Crippen LogP contribution is 2.25. The number of benzene rings is 1. The molecule has 0 saturated heterocycles. The molecule has 0 aliphatic carbocycles. The molecule has 0 fully saturated rings. The average Bonchev–Trinajstić information content (AvgIpc) is 2.77. The first-order valence-electron chi connectivity index (χ1n) is 6.56. The second kappa shape index (κ2) is 5.67. The van der Waals surface area contributed by atoms with E-state index in [-0.39, 0.29) is 17.9 Å². The van der Waals surface area contributed by atoms with Gasteiger partial charge in [0.1, 0.15) is 0 Å². The van der Waals surface area contributed by atoms with Crippen LogP contribution in [0.15, 0.2) is 24.4 Å². The number of hydrogen-bond donors (Lipinski definition) is 1. The molecule has 5 heteroatoms. The van der Waals surface area contributed by atoms with Crippen molar-refractivity contribution in [2.75, 3.05) is 0 Å². The number of nitrogens with zero attached hydrogens (tertiary/aromatic N) is 1. The van der Waals surface area contributed by atoms with Crippen molar-refractivity contribution in [3.63, 3.8) is 0 Å². The highest BCUT2D eigenvalue weighted by Gasteiger charge is 2.18. The third kappa shape index (κ3) is 2.70. The van der Waals surface area contributed by atoms with Crippen LogP contribution in [-0.4, -0.2) is 22.4 Å². The molecule has 1 N–H and O–H groups in total. The molecule has 1 atom stereocenters. The van der Waals surface area contributed by atoms with E-state index in [4.69, 9.17) is 11.6 Å². The van der Waals surface area contributed by atoms with Crippen LogP contribution in [0.25, 0.3) is 10.9 Å². The Labute approximate surface area is 122 Å². The lowest BCUT2D eigenvalue weighted by atomic mass is 10.1. The van der Waals surface area contributed by atoms with E-state index in [0.717, 1.165) is 11.8 Å². The van der Waals surface area contributed by atoms with Crippen molar-refractivity contribution in [1.29, 1.82) is 0 Å². The van der Waals surface area contributed by atoms with Gasteiger partial charge in [-0.05, 0) is 25.5 Å². The van der Waals surface area contributed by atoms with Gasteiger partial charge in [0.2, 0.25) is 5.91 Å². The molecular formula is C15H17ClN2O2. The minimum Gasteiger partial charge on any atom is -0.350 e. The van der Waals surface area contributed by atoms with Crippen LogP contribution in [-0.2, 0) is 0 Å². The average molecular weight is 293 g/mol. The van der Waals surface area contributed by atoms with Gasteiger partial charge in [-0.2, -0.15) is 0 Å². The minimum absolute atomic E-state index is 0.0885. The zero-order valence-electron chi connectivity index (χ0n) is 11.7. The molecule has 0 aliphatic heterocycles. The number of amides is 1. The first-order chi connectivity index (χ1) is 9.43. The molecule has 20 heavy (non-hydrogen) atoms. The SMILES string of the molecule is CCC(C)NC(=O)c1cn(C(C)=O)c2cc(Cl)ccc12. The predicted octanol–water partition coefficient (Wildman–Crippen LogP) is 3.48. The van der Waals surface area contributed by atoms with Crippen LogP contribution in [0.3, 0.4) is 0 Å². The summed E-state index contributed by atoms with van der Waals surface area (Å²) in [6.07, 6.45) is 2.42. The van der Waals surface area contributed by atoms with E-state index in [2.05, 4.69) is 5.32 Å². The Bertz CT molecular complexity index is 676. The minimum atomic E-state index is -0.174. The zero-order chi connectivity index (χ0) is 14.9. The van der Waals surface area contributed by atoms with Gasteiger partial charge in [-0.1, -0.05) is 24.6 Å². The zero-order valence-corrected chi connectivity index (χ0v) is 12.5. The summed E-state index contributed by atoms with van der Waals surface area (Å²) in [5.74, 6) is -0.327. The Morgan fingerprint density at radius 1 is 1.40 bits per heavy atom. The fraction of sp³-hybridized carbons (Fsp3) is 0.333. The fourth-order valence-electron chi connectivity index (χ4n) is 2.05. The van der Waals surface area contributed by atoms with E-state index in [1.54, 1.807) is 24.4 Å². The molecule has 2 rings (SSSR count). The van der Waals surface area contributed by atoms with Crippen LogP contribution in [0.4, 0.5) is 0 Å². The van der Waals surface area contributed by atoms with Gasteiger partial charge in [0, 0.05) is 29.6 Å². The van der Waals surface area contributed by atoms with E-state index in [1.165, 1.54) is 11.5 Å². The van der Waals surface area contributed by atoms with Crippen molar-refractivity contribution in [2.24, 2.45) is 0 Å². The highest BCUT2D eigenvalue weighted by molar-refractivity contribution is 6.31. The van der Waals surface area contributed by atoms with Gasteiger partial charge >= 0.3 is 0 Å². The van der Waals surface area contributed by atoms with Crippen molar-refractivity contribution in [3.8, 4) is 0 Å². The van der Waals surface area contributed by atoms with Crippen molar-refractivity contribution in [2.45, 2.75) is 33.2 Å². The van der Waals surface area contributed by atoms with Crippen molar-refractivity contribution in [3.05, 3.63) is 35.0 Å². The normalized spacial score (nSPS) is 12.4. The number of aromatic nitrogens is 1. The van der Waals surface area contributed by atoms with E-state index in [1.807, 2.05) is 13.8 Å². The molecule has 106 valence electrons. The summed E-state index contributed by atoms with van der Waals surface area (Å²) in [4.78, 5) is 24.0. The monoisotopic (exact) mass is 292 g/mol. The summed E-state index contributed by atoms with van der Waals surface area (Å²) < 4.78 is 1.45. The topological polar surface area (TPSA) is 51.1 Å². The molecule has 0 spiro atoms. The molecule has 1 aromatic carbocycles. The molecule has 1 aromatic heterocycles. The Balaban J connectivity index is 2.54. The van der Waals surface area contributed by atoms with Crippen molar-refractivity contribution in [1.82, 2.24) is 9.88 Å². The quantitative estimate of drug-likeness (QED) is 0.941. The van der Waals surface area contributed by atoms with Crippen molar-refractivity contribution < 1.29 is 9.59 Å². The van der Waals surface area contributed by atoms with E-state index >= 15 is 0 Å². The van der Waals surface area contributed by atoms with E-state index in [9.17, 15) is 9.59 Å². The summed E-state index contributed by atoms with van der Waals surface area (Å²) in [7, 11) is 0. The third-order valence-electron chi connectivity index (χ3n) is 3.34. The van der Waals surface area contributed by atoms with Gasteiger partial charge in [-0.25, -0.2) is 0 Å². The number of carbonyl (C=O) groups is 2. The van der Waals surface area contributed by atoms with E-state index in [0.29, 0.717) is 16.1 Å². The van der Waals surface area contributed by atoms with E-state index < -0.39 is 0 Å². The van der Waals surface area contributed by atoms with Crippen LogP contribution in [0.1, 0.15) is 42.3 Å². The molecule has 1 heterocycles. The summed E-state index contributed by atoms with van der Waals surface area (Å²) in [5, 5.41) is 4.17. The van der Waals surface area contributed by atoms with Gasteiger partial charge in [-0.3, -0.25) is 14.2 Å². The van der Waals surface area contributed by atoms with Gasteiger partial charge in [0.15, 0.2) is 0 Å². The Morgan fingerprint density at radius 3 is 2.70 bits per heavy atom. The number of nitrogens with one attached hydrogen (secondary N) is 1. The predicted molar refractivity (Wildman–Crippen MR) is 80.5 cm³/mol. The fourth-order valence-corrected chi connectivity index (χ4v) is 2.21. The van der Waals surface area contributed by atoms with Gasteiger partial charge in [0.25, 0.3) is 5.91 Å². The number of hydrogen-bond acceptors (Lipinski definition) is 2. The highest BCUT2D eigenvalue weighted by atomic mass is 35.5. The summed E-state index contributed by atoms with van der Waals surface area (Å²) >= 11 is 5.97. The lowest BCUT2D eigenvalue weighted by Gasteiger charge is -2.10. The van der Waals surface area contributed by atoms with Gasteiger partial charge < -0.3 is 5.32 Å². The smallest absolute Gasteiger partial charge is 0.253 e. The number of carbonyl (C=O) groups excluding carboxylic acids is 2. The molecule has 0 saturated carbocycles. The lowest BCUT2D eigenvalue weighted by molar-refractivity contribution is 0.0940. The van der Waals surface area contributed by atoms with Crippen LogP contribution in [0, 0.1) is 0 Å².